The summed E-state index contributed by atoms with van der Waals surface area (Å²) in [6, 6.07) is 19.5. The van der Waals surface area contributed by atoms with Crippen LogP contribution in [0.15, 0.2) is 59.1 Å². The third-order valence-electron chi connectivity index (χ3n) is 3.36. The molecule has 3 aromatic rings. The van der Waals surface area contributed by atoms with Crippen molar-refractivity contribution < 1.29 is 4.74 Å². The lowest BCUT2D eigenvalue weighted by Crippen LogP contribution is -1.89. The van der Waals surface area contributed by atoms with Gasteiger partial charge in [-0.05, 0) is 42.8 Å². The number of halogens is 1. The fourth-order valence-electron chi connectivity index (χ4n) is 2.27. The number of hydrogen-bond acceptors (Lipinski definition) is 2. The number of aryl methyl sites for hydroxylation is 1. The largest absolute Gasteiger partial charge is 0.457 e. The van der Waals surface area contributed by atoms with Gasteiger partial charge in [0.1, 0.15) is 11.5 Å². The molecule has 0 radical (unpaired) electrons. The summed E-state index contributed by atoms with van der Waals surface area (Å²) in [5, 5.41) is 11.0. The summed E-state index contributed by atoms with van der Waals surface area (Å²) < 4.78 is 7.05. The SMILES string of the molecule is Cc1cc(Oc2ccc(C#N)c3ccccc23)ccc1Br. The quantitative estimate of drug-likeness (QED) is 0.611. The number of benzene rings is 3. The molecule has 0 heterocycles. The second-order valence-corrected chi connectivity index (χ2v) is 5.64. The minimum absolute atomic E-state index is 0.657. The molecule has 0 bridgehead atoms. The average Bonchev–Trinajstić information content (AvgIpc) is 2.51. The molecule has 0 aliphatic rings. The molecule has 0 aliphatic heterocycles. The molecule has 0 aliphatic carbocycles. The first kappa shape index (κ1) is 13.7. The topological polar surface area (TPSA) is 33.0 Å². The monoisotopic (exact) mass is 337 g/mol. The Labute approximate surface area is 131 Å². The van der Waals surface area contributed by atoms with E-state index in [0.717, 1.165) is 32.3 Å². The smallest absolute Gasteiger partial charge is 0.135 e. The van der Waals surface area contributed by atoms with Crippen LogP contribution in [0.3, 0.4) is 0 Å². The van der Waals surface area contributed by atoms with Crippen LogP contribution in [0.4, 0.5) is 0 Å². The Kier molecular flexibility index (Phi) is 3.64. The van der Waals surface area contributed by atoms with Crippen LogP contribution in [0.1, 0.15) is 11.1 Å². The van der Waals surface area contributed by atoms with Gasteiger partial charge in [-0.1, -0.05) is 40.2 Å². The van der Waals surface area contributed by atoms with Gasteiger partial charge in [-0.25, -0.2) is 0 Å². The van der Waals surface area contributed by atoms with E-state index >= 15 is 0 Å². The molecule has 3 rings (SSSR count). The Balaban J connectivity index is 2.09. The first-order valence-electron chi connectivity index (χ1n) is 6.55. The van der Waals surface area contributed by atoms with Crippen molar-refractivity contribution in [3.63, 3.8) is 0 Å². The Hall–Kier alpha value is -2.31. The molecule has 0 unspecified atom stereocenters. The zero-order chi connectivity index (χ0) is 14.8. The first-order valence-corrected chi connectivity index (χ1v) is 7.34. The van der Waals surface area contributed by atoms with Crippen molar-refractivity contribution in [3.8, 4) is 17.6 Å². The number of fused-ring (bicyclic) bond motifs is 1. The van der Waals surface area contributed by atoms with Crippen molar-refractivity contribution in [2.75, 3.05) is 0 Å². The van der Waals surface area contributed by atoms with Crippen LogP contribution in [0.25, 0.3) is 10.8 Å². The van der Waals surface area contributed by atoms with E-state index in [0.29, 0.717) is 5.56 Å². The predicted octanol–water partition coefficient (Wildman–Crippen LogP) is 5.57. The van der Waals surface area contributed by atoms with E-state index in [9.17, 15) is 5.26 Å². The van der Waals surface area contributed by atoms with E-state index in [1.807, 2.05) is 55.5 Å². The lowest BCUT2D eigenvalue weighted by atomic mass is 10.0. The minimum Gasteiger partial charge on any atom is -0.457 e. The lowest BCUT2D eigenvalue weighted by molar-refractivity contribution is 0.488. The highest BCUT2D eigenvalue weighted by Crippen LogP contribution is 2.33. The van der Waals surface area contributed by atoms with Crippen LogP contribution in [0.5, 0.6) is 11.5 Å². The molecule has 0 fully saturated rings. The van der Waals surface area contributed by atoms with Crippen molar-refractivity contribution in [2.45, 2.75) is 6.92 Å². The standard InChI is InChI=1S/C18H12BrNO/c1-12-10-14(7-8-17(12)19)21-18-9-6-13(11-20)15-4-2-3-5-16(15)18/h2-10H,1H3. The zero-order valence-corrected chi connectivity index (χ0v) is 13.0. The molecule has 3 aromatic carbocycles. The van der Waals surface area contributed by atoms with Crippen molar-refractivity contribution in [1.29, 1.82) is 5.26 Å². The van der Waals surface area contributed by atoms with Crippen LogP contribution in [-0.2, 0) is 0 Å². The highest BCUT2D eigenvalue weighted by molar-refractivity contribution is 9.10. The van der Waals surface area contributed by atoms with E-state index in [2.05, 4.69) is 22.0 Å². The summed E-state index contributed by atoms with van der Waals surface area (Å²) in [5.74, 6) is 1.54. The van der Waals surface area contributed by atoms with E-state index in [1.165, 1.54) is 0 Å². The number of rotatable bonds is 2. The molecular formula is C18H12BrNO. The van der Waals surface area contributed by atoms with E-state index in [-0.39, 0.29) is 0 Å². The molecule has 2 nitrogen and oxygen atoms in total. The van der Waals surface area contributed by atoms with Gasteiger partial charge in [-0.2, -0.15) is 5.26 Å². The normalized spacial score (nSPS) is 10.3. The molecule has 21 heavy (non-hydrogen) atoms. The maximum Gasteiger partial charge on any atom is 0.135 e. The van der Waals surface area contributed by atoms with Crippen molar-refractivity contribution in [3.05, 3.63) is 70.2 Å². The molecular weight excluding hydrogens is 326 g/mol. The van der Waals surface area contributed by atoms with E-state index in [1.54, 1.807) is 6.07 Å². The molecule has 0 atom stereocenters. The van der Waals surface area contributed by atoms with Crippen LogP contribution in [0, 0.1) is 18.3 Å². The lowest BCUT2D eigenvalue weighted by Gasteiger charge is -2.11. The van der Waals surface area contributed by atoms with Gasteiger partial charge in [-0.3, -0.25) is 0 Å². The summed E-state index contributed by atoms with van der Waals surface area (Å²) in [5.41, 5.74) is 1.77. The Morgan fingerprint density at radius 2 is 1.76 bits per heavy atom. The molecule has 0 N–H and O–H groups in total. The fourth-order valence-corrected chi connectivity index (χ4v) is 2.51. The molecule has 102 valence electrons. The maximum absolute atomic E-state index is 9.19. The van der Waals surface area contributed by atoms with Gasteiger partial charge in [0.2, 0.25) is 0 Å². The van der Waals surface area contributed by atoms with Crippen molar-refractivity contribution in [1.82, 2.24) is 0 Å². The highest BCUT2D eigenvalue weighted by Gasteiger charge is 2.07. The molecule has 0 saturated heterocycles. The van der Waals surface area contributed by atoms with Gasteiger partial charge in [0, 0.05) is 15.2 Å². The van der Waals surface area contributed by atoms with E-state index in [4.69, 9.17) is 4.74 Å². The third-order valence-corrected chi connectivity index (χ3v) is 4.25. The number of nitrogens with zero attached hydrogens (tertiary/aromatic N) is 1. The van der Waals surface area contributed by atoms with Gasteiger partial charge in [0.25, 0.3) is 0 Å². The predicted molar refractivity (Wildman–Crippen MR) is 87.6 cm³/mol. The second kappa shape index (κ2) is 5.59. The van der Waals surface area contributed by atoms with Gasteiger partial charge in [0.15, 0.2) is 0 Å². The van der Waals surface area contributed by atoms with E-state index < -0.39 is 0 Å². The van der Waals surface area contributed by atoms with Crippen molar-refractivity contribution in [2.24, 2.45) is 0 Å². The molecule has 0 spiro atoms. The average molecular weight is 338 g/mol. The van der Waals surface area contributed by atoms with Gasteiger partial charge < -0.3 is 4.74 Å². The summed E-state index contributed by atoms with van der Waals surface area (Å²) in [7, 11) is 0. The zero-order valence-electron chi connectivity index (χ0n) is 11.4. The number of nitriles is 1. The summed E-state index contributed by atoms with van der Waals surface area (Å²) >= 11 is 3.48. The fraction of sp³-hybridized carbons (Fsp3) is 0.0556. The second-order valence-electron chi connectivity index (χ2n) is 4.78. The van der Waals surface area contributed by atoms with Crippen LogP contribution in [-0.4, -0.2) is 0 Å². The molecule has 0 saturated carbocycles. The van der Waals surface area contributed by atoms with Gasteiger partial charge >= 0.3 is 0 Å². The van der Waals surface area contributed by atoms with Crippen LogP contribution >= 0.6 is 15.9 Å². The summed E-state index contributed by atoms with van der Waals surface area (Å²) in [4.78, 5) is 0. The van der Waals surface area contributed by atoms with Crippen molar-refractivity contribution >= 4 is 26.7 Å². The molecule has 0 aromatic heterocycles. The summed E-state index contributed by atoms with van der Waals surface area (Å²) in [6.45, 7) is 2.02. The molecule has 0 amide bonds. The van der Waals surface area contributed by atoms with Gasteiger partial charge in [0.05, 0.1) is 11.6 Å². The van der Waals surface area contributed by atoms with Crippen LogP contribution in [0.2, 0.25) is 0 Å². The third kappa shape index (κ3) is 2.63. The number of ether oxygens (including phenoxy) is 1. The van der Waals surface area contributed by atoms with Gasteiger partial charge in [-0.15, -0.1) is 0 Å². The Morgan fingerprint density at radius 1 is 1.00 bits per heavy atom. The maximum atomic E-state index is 9.19. The number of hydrogen-bond donors (Lipinski definition) is 0. The molecule has 3 heteroatoms. The highest BCUT2D eigenvalue weighted by atomic mass is 79.9. The Morgan fingerprint density at radius 3 is 2.48 bits per heavy atom. The van der Waals surface area contributed by atoms with Crippen LogP contribution < -0.4 is 4.74 Å². The first-order chi connectivity index (χ1) is 10.2. The summed E-state index contributed by atoms with van der Waals surface area (Å²) in [6.07, 6.45) is 0. The minimum atomic E-state index is 0.657. The Bertz CT molecular complexity index is 865.